The molecule has 1 saturated heterocycles. The van der Waals surface area contributed by atoms with Crippen molar-refractivity contribution in [3.8, 4) is 5.69 Å². The van der Waals surface area contributed by atoms with Crippen molar-refractivity contribution in [2.75, 3.05) is 38.3 Å². The Morgan fingerprint density at radius 1 is 1.09 bits per heavy atom. The molecule has 32 heavy (non-hydrogen) atoms. The zero-order chi connectivity index (χ0) is 22.1. The van der Waals surface area contributed by atoms with Crippen LogP contribution in [0.4, 0.5) is 5.69 Å². The molecule has 1 saturated carbocycles. The van der Waals surface area contributed by atoms with Crippen LogP contribution in [0.15, 0.2) is 48.5 Å². The number of para-hydroxylation sites is 1. The number of carbonyl (C=O) groups excluding carboxylic acids is 1. The normalized spacial score (nSPS) is 16.2. The van der Waals surface area contributed by atoms with Crippen molar-refractivity contribution in [2.24, 2.45) is 0 Å². The summed E-state index contributed by atoms with van der Waals surface area (Å²) in [6.45, 7) is 5.78. The van der Waals surface area contributed by atoms with Gasteiger partial charge in [0.1, 0.15) is 0 Å². The molecular formula is C25H29N5O2. The predicted molar refractivity (Wildman–Crippen MR) is 123 cm³/mol. The minimum Gasteiger partial charge on any atom is -0.378 e. The lowest BCUT2D eigenvalue weighted by atomic mass is 10.1. The molecule has 0 atom stereocenters. The third-order valence-electron chi connectivity index (χ3n) is 6.25. The number of morpholine rings is 1. The van der Waals surface area contributed by atoms with Crippen LogP contribution >= 0.6 is 0 Å². The summed E-state index contributed by atoms with van der Waals surface area (Å²) in [5.74, 6) is 0.265. The number of hydrogen-bond acceptors (Lipinski definition) is 5. The quantitative estimate of drug-likeness (QED) is 0.597. The van der Waals surface area contributed by atoms with E-state index >= 15 is 0 Å². The Kier molecular flexibility index (Phi) is 5.66. The summed E-state index contributed by atoms with van der Waals surface area (Å²) in [6, 6.07) is 16.5. The van der Waals surface area contributed by atoms with Gasteiger partial charge in [0.05, 0.1) is 24.6 Å². The van der Waals surface area contributed by atoms with E-state index in [-0.39, 0.29) is 5.91 Å². The lowest BCUT2D eigenvalue weighted by Crippen LogP contribution is -2.37. The maximum atomic E-state index is 13.5. The van der Waals surface area contributed by atoms with Gasteiger partial charge in [-0.3, -0.25) is 4.79 Å². The average molecular weight is 432 g/mol. The van der Waals surface area contributed by atoms with Gasteiger partial charge in [-0.05, 0) is 43.5 Å². The van der Waals surface area contributed by atoms with Crippen LogP contribution in [-0.2, 0) is 11.3 Å². The molecule has 0 bridgehead atoms. The molecule has 1 amide bonds. The lowest BCUT2D eigenvalue weighted by molar-refractivity contribution is 0.0777. The molecule has 1 aromatic heterocycles. The van der Waals surface area contributed by atoms with E-state index in [0.29, 0.717) is 18.2 Å². The van der Waals surface area contributed by atoms with Crippen LogP contribution in [0, 0.1) is 6.92 Å². The number of benzene rings is 2. The van der Waals surface area contributed by atoms with Crippen molar-refractivity contribution in [3.63, 3.8) is 0 Å². The number of amides is 1. The van der Waals surface area contributed by atoms with E-state index in [4.69, 9.17) is 4.74 Å². The van der Waals surface area contributed by atoms with Gasteiger partial charge in [0.25, 0.3) is 5.91 Å². The topological polar surface area (TPSA) is 63.5 Å². The molecular weight excluding hydrogens is 402 g/mol. The number of aromatic nitrogens is 3. The standard InChI is InChI=1S/C25H29N5O2/c1-18-7-11-21(12-8-18)30-24(19-9-10-19)23(26-27-30)25(31)28(2)17-20-5-3-4-6-22(20)29-13-15-32-16-14-29/h3-8,11-12,19H,9-10,13-17H2,1-2H3. The average Bonchev–Trinajstić information content (AvgIpc) is 3.58. The number of rotatable bonds is 6. The van der Waals surface area contributed by atoms with Crippen molar-refractivity contribution < 1.29 is 9.53 Å². The van der Waals surface area contributed by atoms with E-state index in [2.05, 4.69) is 52.5 Å². The fourth-order valence-corrected chi connectivity index (χ4v) is 4.31. The fourth-order valence-electron chi connectivity index (χ4n) is 4.31. The second-order valence-electron chi connectivity index (χ2n) is 8.73. The molecule has 5 rings (SSSR count). The van der Waals surface area contributed by atoms with Crippen LogP contribution in [0.1, 0.15) is 46.1 Å². The molecule has 1 aliphatic heterocycles. The van der Waals surface area contributed by atoms with Crippen LogP contribution in [0.25, 0.3) is 5.69 Å². The van der Waals surface area contributed by atoms with Crippen LogP contribution in [-0.4, -0.2) is 59.2 Å². The van der Waals surface area contributed by atoms with Crippen molar-refractivity contribution in [1.29, 1.82) is 0 Å². The lowest BCUT2D eigenvalue weighted by Gasteiger charge is -2.31. The minimum absolute atomic E-state index is 0.0814. The summed E-state index contributed by atoms with van der Waals surface area (Å²) in [4.78, 5) is 17.6. The van der Waals surface area contributed by atoms with Crippen molar-refractivity contribution in [3.05, 3.63) is 71.0 Å². The van der Waals surface area contributed by atoms with E-state index in [1.54, 1.807) is 4.90 Å². The van der Waals surface area contributed by atoms with E-state index in [0.717, 1.165) is 56.1 Å². The molecule has 2 aromatic carbocycles. The number of aryl methyl sites for hydroxylation is 1. The third-order valence-corrected chi connectivity index (χ3v) is 6.25. The van der Waals surface area contributed by atoms with Crippen LogP contribution in [0.2, 0.25) is 0 Å². The summed E-state index contributed by atoms with van der Waals surface area (Å²) < 4.78 is 7.35. The van der Waals surface area contributed by atoms with E-state index in [1.165, 1.54) is 11.3 Å². The zero-order valence-electron chi connectivity index (χ0n) is 18.7. The SMILES string of the molecule is Cc1ccc(-n2nnc(C(=O)N(C)Cc3ccccc3N3CCOCC3)c2C2CC2)cc1. The second-order valence-corrected chi connectivity index (χ2v) is 8.73. The van der Waals surface area contributed by atoms with Gasteiger partial charge in [0, 0.05) is 38.3 Å². The fraction of sp³-hybridized carbons (Fsp3) is 0.400. The maximum absolute atomic E-state index is 13.5. The minimum atomic E-state index is -0.0814. The largest absolute Gasteiger partial charge is 0.378 e. The summed E-state index contributed by atoms with van der Waals surface area (Å²) in [7, 11) is 1.85. The Morgan fingerprint density at radius 2 is 1.81 bits per heavy atom. The van der Waals surface area contributed by atoms with Gasteiger partial charge < -0.3 is 14.5 Å². The van der Waals surface area contributed by atoms with Crippen molar-refractivity contribution >= 4 is 11.6 Å². The molecule has 7 heteroatoms. The van der Waals surface area contributed by atoms with Gasteiger partial charge in [-0.1, -0.05) is 41.1 Å². The van der Waals surface area contributed by atoms with Gasteiger partial charge in [-0.25, -0.2) is 4.68 Å². The first kappa shape index (κ1) is 20.7. The second kappa shape index (κ2) is 8.74. The van der Waals surface area contributed by atoms with Crippen LogP contribution in [0.5, 0.6) is 0 Å². The molecule has 2 heterocycles. The molecule has 2 fully saturated rings. The molecule has 0 radical (unpaired) electrons. The monoisotopic (exact) mass is 431 g/mol. The number of hydrogen-bond donors (Lipinski definition) is 0. The first-order chi connectivity index (χ1) is 15.6. The number of anilines is 1. The Morgan fingerprint density at radius 3 is 2.53 bits per heavy atom. The summed E-state index contributed by atoms with van der Waals surface area (Å²) in [5, 5.41) is 8.72. The molecule has 0 N–H and O–H groups in total. The van der Waals surface area contributed by atoms with Gasteiger partial charge in [-0.15, -0.1) is 5.10 Å². The van der Waals surface area contributed by atoms with E-state index < -0.39 is 0 Å². The van der Waals surface area contributed by atoms with Crippen LogP contribution in [0.3, 0.4) is 0 Å². The molecule has 0 spiro atoms. The predicted octanol–water partition coefficient (Wildman–Crippen LogP) is 3.56. The number of ether oxygens (including phenoxy) is 1. The molecule has 166 valence electrons. The Labute approximate surface area is 188 Å². The summed E-state index contributed by atoms with van der Waals surface area (Å²) in [6.07, 6.45) is 2.15. The Balaban J connectivity index is 1.40. The van der Waals surface area contributed by atoms with Crippen molar-refractivity contribution in [2.45, 2.75) is 32.2 Å². The zero-order valence-corrected chi connectivity index (χ0v) is 18.7. The molecule has 7 nitrogen and oxygen atoms in total. The van der Waals surface area contributed by atoms with Crippen LogP contribution < -0.4 is 4.90 Å². The Hall–Kier alpha value is -3.19. The molecule has 3 aromatic rings. The first-order valence-electron chi connectivity index (χ1n) is 11.3. The van der Waals surface area contributed by atoms with Gasteiger partial charge in [0.15, 0.2) is 5.69 Å². The maximum Gasteiger partial charge on any atom is 0.276 e. The smallest absolute Gasteiger partial charge is 0.276 e. The molecule has 0 unspecified atom stereocenters. The van der Waals surface area contributed by atoms with E-state index in [9.17, 15) is 4.79 Å². The number of carbonyl (C=O) groups is 1. The van der Waals surface area contributed by atoms with Gasteiger partial charge >= 0.3 is 0 Å². The number of nitrogens with zero attached hydrogens (tertiary/aromatic N) is 5. The van der Waals surface area contributed by atoms with Gasteiger partial charge in [0.2, 0.25) is 0 Å². The third kappa shape index (κ3) is 4.12. The van der Waals surface area contributed by atoms with Gasteiger partial charge in [-0.2, -0.15) is 0 Å². The highest BCUT2D eigenvalue weighted by Gasteiger charge is 2.35. The highest BCUT2D eigenvalue weighted by Crippen LogP contribution is 2.42. The summed E-state index contributed by atoms with van der Waals surface area (Å²) in [5.41, 5.74) is 5.85. The van der Waals surface area contributed by atoms with Crippen molar-refractivity contribution in [1.82, 2.24) is 19.9 Å². The molecule has 2 aliphatic rings. The Bertz CT molecular complexity index is 1100. The first-order valence-corrected chi connectivity index (χ1v) is 11.3. The summed E-state index contributed by atoms with van der Waals surface area (Å²) >= 11 is 0. The highest BCUT2D eigenvalue weighted by atomic mass is 16.5. The van der Waals surface area contributed by atoms with E-state index in [1.807, 2.05) is 29.9 Å². The molecule has 1 aliphatic carbocycles. The highest BCUT2D eigenvalue weighted by molar-refractivity contribution is 5.93.